The van der Waals surface area contributed by atoms with Crippen molar-refractivity contribution in [3.63, 3.8) is 0 Å². The van der Waals surface area contributed by atoms with E-state index in [0.29, 0.717) is 19.8 Å². The van der Waals surface area contributed by atoms with Crippen LogP contribution >= 0.6 is 0 Å². The molecule has 0 amide bonds. The van der Waals surface area contributed by atoms with Gasteiger partial charge in [0.05, 0.1) is 32.2 Å². The summed E-state index contributed by atoms with van der Waals surface area (Å²) in [5, 5.41) is 0. The molecule has 5 nitrogen and oxygen atoms in total. The zero-order valence-electron chi connectivity index (χ0n) is 11.6. The maximum absolute atomic E-state index is 11.9. The lowest BCUT2D eigenvalue weighted by atomic mass is 9.91. The quantitative estimate of drug-likeness (QED) is 0.725. The van der Waals surface area contributed by atoms with Crippen molar-refractivity contribution in [1.82, 2.24) is 0 Å². The van der Waals surface area contributed by atoms with Crippen LogP contribution in [0.2, 0.25) is 0 Å². The zero-order chi connectivity index (χ0) is 14.1. The normalized spacial score (nSPS) is 27.7. The summed E-state index contributed by atoms with van der Waals surface area (Å²) in [6, 6.07) is 0. The fourth-order valence-corrected chi connectivity index (χ4v) is 2.26. The van der Waals surface area contributed by atoms with Gasteiger partial charge in [-0.15, -0.1) is 0 Å². The molecule has 0 saturated carbocycles. The number of rotatable bonds is 3. The summed E-state index contributed by atoms with van der Waals surface area (Å²) in [4.78, 5) is 23.5. The molecule has 1 heterocycles. The van der Waals surface area contributed by atoms with Crippen LogP contribution < -0.4 is 0 Å². The number of hydrogen-bond donors (Lipinski definition) is 0. The van der Waals surface area contributed by atoms with Gasteiger partial charge in [0.15, 0.2) is 11.6 Å². The highest BCUT2D eigenvalue weighted by molar-refractivity contribution is 5.97. The second-order valence-electron chi connectivity index (χ2n) is 5.76. The van der Waals surface area contributed by atoms with Crippen molar-refractivity contribution in [2.75, 3.05) is 19.8 Å². The van der Waals surface area contributed by atoms with Gasteiger partial charge in [0.2, 0.25) is 0 Å². The highest BCUT2D eigenvalue weighted by atomic mass is 16.7. The summed E-state index contributed by atoms with van der Waals surface area (Å²) in [7, 11) is 0. The van der Waals surface area contributed by atoms with Crippen molar-refractivity contribution in [1.29, 1.82) is 0 Å². The van der Waals surface area contributed by atoms with Gasteiger partial charge in [-0.25, -0.2) is 0 Å². The molecule has 2 rings (SSSR count). The smallest absolute Gasteiger partial charge is 0.306 e. The summed E-state index contributed by atoms with van der Waals surface area (Å²) < 4.78 is 16.4. The van der Waals surface area contributed by atoms with E-state index in [1.807, 2.05) is 13.8 Å². The van der Waals surface area contributed by atoms with Crippen LogP contribution in [0.5, 0.6) is 0 Å². The van der Waals surface area contributed by atoms with Gasteiger partial charge in [0.1, 0.15) is 0 Å². The Hall–Kier alpha value is -1.20. The monoisotopic (exact) mass is 268 g/mol. The van der Waals surface area contributed by atoms with Crippen molar-refractivity contribution in [3.8, 4) is 0 Å². The first-order valence-corrected chi connectivity index (χ1v) is 6.55. The van der Waals surface area contributed by atoms with Crippen molar-refractivity contribution in [3.05, 3.63) is 12.2 Å². The van der Waals surface area contributed by atoms with E-state index in [2.05, 4.69) is 0 Å². The first-order chi connectivity index (χ1) is 8.88. The molecule has 0 N–H and O–H groups in total. The van der Waals surface area contributed by atoms with E-state index in [9.17, 15) is 9.59 Å². The van der Waals surface area contributed by atoms with Gasteiger partial charge in [-0.2, -0.15) is 0 Å². The second-order valence-corrected chi connectivity index (χ2v) is 5.76. The van der Waals surface area contributed by atoms with Crippen molar-refractivity contribution in [2.45, 2.75) is 33.0 Å². The summed E-state index contributed by atoms with van der Waals surface area (Å²) in [6.07, 6.45) is 3.04. The molecule has 0 bridgehead atoms. The molecule has 1 aliphatic heterocycles. The molecule has 1 aliphatic carbocycles. The van der Waals surface area contributed by atoms with Crippen LogP contribution in [0, 0.1) is 11.3 Å². The molecule has 0 radical (unpaired) electrons. The minimum atomic E-state index is -1.08. The van der Waals surface area contributed by atoms with Crippen LogP contribution in [-0.4, -0.2) is 37.4 Å². The van der Waals surface area contributed by atoms with Gasteiger partial charge < -0.3 is 14.2 Å². The third kappa shape index (κ3) is 2.87. The Labute approximate surface area is 112 Å². The van der Waals surface area contributed by atoms with Crippen molar-refractivity contribution >= 4 is 11.8 Å². The van der Waals surface area contributed by atoms with E-state index in [1.165, 1.54) is 6.08 Å². The predicted molar refractivity (Wildman–Crippen MR) is 67.3 cm³/mol. The van der Waals surface area contributed by atoms with Gasteiger partial charge in [0, 0.05) is 5.41 Å². The third-order valence-electron chi connectivity index (χ3n) is 3.36. The fraction of sp³-hybridized carbons (Fsp3) is 0.714. The maximum Gasteiger partial charge on any atom is 0.306 e. The van der Waals surface area contributed by atoms with Crippen LogP contribution in [0.25, 0.3) is 0 Å². The van der Waals surface area contributed by atoms with Crippen LogP contribution in [0.4, 0.5) is 0 Å². The van der Waals surface area contributed by atoms with Crippen LogP contribution in [0.15, 0.2) is 12.2 Å². The van der Waals surface area contributed by atoms with Gasteiger partial charge >= 0.3 is 5.97 Å². The molecule has 1 fully saturated rings. The number of carbonyl (C=O) groups is 2. The van der Waals surface area contributed by atoms with Gasteiger partial charge in [0.25, 0.3) is 0 Å². The molecule has 1 saturated heterocycles. The molecule has 106 valence electrons. The van der Waals surface area contributed by atoms with E-state index < -0.39 is 17.7 Å². The molecule has 5 heteroatoms. The lowest BCUT2D eigenvalue weighted by molar-refractivity contribution is -0.287. The van der Waals surface area contributed by atoms with Gasteiger partial charge in [-0.3, -0.25) is 9.59 Å². The minimum Gasteiger partial charge on any atom is -0.466 e. The first-order valence-electron chi connectivity index (χ1n) is 6.55. The topological polar surface area (TPSA) is 61.8 Å². The Morgan fingerprint density at radius 3 is 2.63 bits per heavy atom. The average molecular weight is 268 g/mol. The number of ketones is 1. The molecule has 1 spiro atoms. The Morgan fingerprint density at radius 2 is 2.05 bits per heavy atom. The fourth-order valence-electron chi connectivity index (χ4n) is 2.26. The molecule has 0 aromatic heterocycles. The maximum atomic E-state index is 11.9. The highest BCUT2D eigenvalue weighted by Crippen LogP contribution is 2.40. The standard InChI is InChI=1S/C14H20O5/c1-4-17-12(16)7-10-11(15)5-6-14(10)18-8-13(2,3)9-19-14/h5-6,10H,4,7-9H2,1-3H3. The Kier molecular flexibility index (Phi) is 3.78. The van der Waals surface area contributed by atoms with Gasteiger partial charge in [-0.05, 0) is 19.1 Å². The second kappa shape index (κ2) is 5.06. The molecular formula is C14H20O5. The highest BCUT2D eigenvalue weighted by Gasteiger charge is 2.51. The summed E-state index contributed by atoms with van der Waals surface area (Å²) in [5.74, 6) is -2.27. The number of ether oxygens (including phenoxy) is 3. The van der Waals surface area contributed by atoms with Crippen molar-refractivity contribution in [2.24, 2.45) is 11.3 Å². The molecule has 2 aliphatic rings. The van der Waals surface area contributed by atoms with E-state index in [4.69, 9.17) is 14.2 Å². The number of hydrogen-bond acceptors (Lipinski definition) is 5. The van der Waals surface area contributed by atoms with E-state index in [0.717, 1.165) is 0 Å². The van der Waals surface area contributed by atoms with Crippen molar-refractivity contribution < 1.29 is 23.8 Å². The minimum absolute atomic E-state index is 0.0138. The summed E-state index contributed by atoms with van der Waals surface area (Å²) in [6.45, 7) is 7.07. The summed E-state index contributed by atoms with van der Waals surface area (Å²) in [5.41, 5.74) is -0.0841. The van der Waals surface area contributed by atoms with Crippen LogP contribution in [0.1, 0.15) is 27.2 Å². The average Bonchev–Trinajstić information content (AvgIpc) is 2.63. The number of carbonyl (C=O) groups excluding carboxylic acids is 2. The zero-order valence-corrected chi connectivity index (χ0v) is 11.6. The molecule has 1 atom stereocenters. The molecule has 19 heavy (non-hydrogen) atoms. The lowest BCUT2D eigenvalue weighted by Crippen LogP contribution is -2.51. The Morgan fingerprint density at radius 1 is 1.42 bits per heavy atom. The largest absolute Gasteiger partial charge is 0.466 e. The molecule has 0 aromatic carbocycles. The Bertz CT molecular complexity index is 400. The van der Waals surface area contributed by atoms with Crippen LogP contribution in [0.3, 0.4) is 0 Å². The predicted octanol–water partition coefficient (Wildman–Crippen LogP) is 1.46. The van der Waals surface area contributed by atoms with E-state index in [-0.39, 0.29) is 17.6 Å². The number of esters is 1. The first kappa shape index (κ1) is 14.2. The summed E-state index contributed by atoms with van der Waals surface area (Å²) >= 11 is 0. The van der Waals surface area contributed by atoms with E-state index in [1.54, 1.807) is 13.0 Å². The number of allylic oxidation sites excluding steroid dienone is 1. The Balaban J connectivity index is 2.09. The molecule has 0 aromatic rings. The third-order valence-corrected chi connectivity index (χ3v) is 3.36. The molecular weight excluding hydrogens is 248 g/mol. The SMILES string of the molecule is CCOC(=O)CC1C(=O)C=CC12OCC(C)(C)CO2. The molecule has 1 unspecified atom stereocenters. The van der Waals surface area contributed by atoms with E-state index >= 15 is 0 Å². The van der Waals surface area contributed by atoms with Crippen LogP contribution in [-0.2, 0) is 23.8 Å². The van der Waals surface area contributed by atoms with Gasteiger partial charge in [-0.1, -0.05) is 13.8 Å². The lowest BCUT2D eigenvalue weighted by Gasteiger charge is -2.43.